The Bertz CT molecular complexity index is 501. The summed E-state index contributed by atoms with van der Waals surface area (Å²) in [5.74, 6) is -0.811. The first-order chi connectivity index (χ1) is 10.0. The van der Waals surface area contributed by atoms with E-state index in [9.17, 15) is 9.59 Å². The number of aryl methyl sites for hydroxylation is 1. The molecular formula is C15H20N2O4. The number of morpholine rings is 1. The molecule has 6 nitrogen and oxygen atoms in total. The largest absolute Gasteiger partial charge is 0.481 e. The molecule has 114 valence electrons. The maximum absolute atomic E-state index is 12.1. The summed E-state index contributed by atoms with van der Waals surface area (Å²) in [5, 5.41) is 11.5. The average molecular weight is 292 g/mol. The first kappa shape index (κ1) is 15.3. The van der Waals surface area contributed by atoms with Gasteiger partial charge in [0.05, 0.1) is 12.7 Å². The van der Waals surface area contributed by atoms with Crippen LogP contribution in [0.3, 0.4) is 0 Å². The molecule has 1 aromatic carbocycles. The van der Waals surface area contributed by atoms with E-state index in [1.54, 1.807) is 17.0 Å². The number of aliphatic carboxylic acids is 1. The molecule has 0 radical (unpaired) electrons. The molecule has 2 N–H and O–H groups in total. The Morgan fingerprint density at radius 1 is 1.38 bits per heavy atom. The Hall–Kier alpha value is -2.08. The van der Waals surface area contributed by atoms with E-state index in [1.807, 2.05) is 19.1 Å². The summed E-state index contributed by atoms with van der Waals surface area (Å²) in [6.07, 6.45) is 0.657. The molecule has 1 atom stereocenters. The first-order valence-electron chi connectivity index (χ1n) is 7.03. The van der Waals surface area contributed by atoms with Crippen molar-refractivity contribution in [1.82, 2.24) is 4.90 Å². The van der Waals surface area contributed by atoms with E-state index in [2.05, 4.69) is 5.32 Å². The molecule has 2 rings (SSSR count). The molecule has 0 aliphatic carbocycles. The molecule has 1 saturated heterocycles. The number of nitrogens with zero attached hydrogens (tertiary/aromatic N) is 1. The number of hydrogen-bond acceptors (Lipinski definition) is 3. The minimum atomic E-state index is -0.811. The fourth-order valence-electron chi connectivity index (χ4n) is 2.21. The van der Waals surface area contributed by atoms with Gasteiger partial charge in [-0.05, 0) is 31.0 Å². The van der Waals surface area contributed by atoms with Gasteiger partial charge >= 0.3 is 12.0 Å². The van der Waals surface area contributed by atoms with Gasteiger partial charge in [0.15, 0.2) is 0 Å². The minimum Gasteiger partial charge on any atom is -0.481 e. The highest BCUT2D eigenvalue weighted by atomic mass is 16.5. The van der Waals surface area contributed by atoms with Crippen molar-refractivity contribution in [3.05, 3.63) is 29.8 Å². The molecule has 0 spiro atoms. The van der Waals surface area contributed by atoms with Gasteiger partial charge in [-0.25, -0.2) is 4.79 Å². The SMILES string of the molecule is CC1CN(C(=O)Nc2ccc(CCC(=O)O)cc2)CCO1. The molecule has 2 amide bonds. The summed E-state index contributed by atoms with van der Waals surface area (Å²) in [6, 6.07) is 7.11. The highest BCUT2D eigenvalue weighted by Gasteiger charge is 2.21. The monoisotopic (exact) mass is 292 g/mol. The Morgan fingerprint density at radius 3 is 2.71 bits per heavy atom. The van der Waals surface area contributed by atoms with E-state index in [1.165, 1.54) is 0 Å². The van der Waals surface area contributed by atoms with Gasteiger partial charge in [0.25, 0.3) is 0 Å². The summed E-state index contributed by atoms with van der Waals surface area (Å²) in [6.45, 7) is 3.68. The maximum atomic E-state index is 12.1. The van der Waals surface area contributed by atoms with E-state index in [0.29, 0.717) is 31.8 Å². The van der Waals surface area contributed by atoms with Crippen LogP contribution < -0.4 is 5.32 Å². The Balaban J connectivity index is 1.87. The molecule has 0 bridgehead atoms. The number of carbonyl (C=O) groups is 2. The second-order valence-electron chi connectivity index (χ2n) is 5.15. The molecule has 1 fully saturated rings. The highest BCUT2D eigenvalue weighted by Crippen LogP contribution is 2.13. The molecule has 1 aromatic rings. The Kier molecular flexibility index (Phi) is 5.16. The van der Waals surface area contributed by atoms with Gasteiger partial charge < -0.3 is 20.1 Å². The van der Waals surface area contributed by atoms with Gasteiger partial charge in [0.2, 0.25) is 0 Å². The van der Waals surface area contributed by atoms with Crippen molar-refractivity contribution in [2.24, 2.45) is 0 Å². The summed E-state index contributed by atoms with van der Waals surface area (Å²) in [4.78, 5) is 24.3. The predicted octanol–water partition coefficient (Wildman–Crippen LogP) is 1.96. The van der Waals surface area contributed by atoms with Crippen molar-refractivity contribution in [2.45, 2.75) is 25.9 Å². The van der Waals surface area contributed by atoms with E-state index in [0.717, 1.165) is 5.56 Å². The van der Waals surface area contributed by atoms with Crippen molar-refractivity contribution in [1.29, 1.82) is 0 Å². The Morgan fingerprint density at radius 2 is 2.10 bits per heavy atom. The highest BCUT2D eigenvalue weighted by molar-refractivity contribution is 5.89. The number of carbonyl (C=O) groups excluding carboxylic acids is 1. The van der Waals surface area contributed by atoms with Crippen LogP contribution in [0.15, 0.2) is 24.3 Å². The zero-order chi connectivity index (χ0) is 15.2. The van der Waals surface area contributed by atoms with Crippen LogP contribution in [0.5, 0.6) is 0 Å². The number of nitrogens with one attached hydrogen (secondary N) is 1. The molecule has 1 aliphatic heterocycles. The number of benzene rings is 1. The second kappa shape index (κ2) is 7.08. The zero-order valence-corrected chi connectivity index (χ0v) is 12.0. The summed E-state index contributed by atoms with van der Waals surface area (Å²) < 4.78 is 5.40. The Labute approximate surface area is 123 Å². The van der Waals surface area contributed by atoms with Gasteiger partial charge in [-0.2, -0.15) is 0 Å². The lowest BCUT2D eigenvalue weighted by molar-refractivity contribution is -0.136. The lowest BCUT2D eigenvalue weighted by atomic mass is 10.1. The van der Waals surface area contributed by atoms with Crippen molar-refractivity contribution < 1.29 is 19.4 Å². The summed E-state index contributed by atoms with van der Waals surface area (Å²) in [5.41, 5.74) is 1.65. The van der Waals surface area contributed by atoms with Crippen molar-refractivity contribution in [3.8, 4) is 0 Å². The molecule has 6 heteroatoms. The third-order valence-electron chi connectivity index (χ3n) is 3.36. The van der Waals surface area contributed by atoms with Crippen LogP contribution in [0.2, 0.25) is 0 Å². The number of anilines is 1. The predicted molar refractivity (Wildman–Crippen MR) is 78.4 cm³/mol. The van der Waals surface area contributed by atoms with Gasteiger partial charge in [0, 0.05) is 25.2 Å². The normalized spacial score (nSPS) is 18.3. The lowest BCUT2D eigenvalue weighted by Gasteiger charge is -2.31. The van der Waals surface area contributed by atoms with Crippen LogP contribution in [-0.4, -0.2) is 47.8 Å². The number of amides is 2. The lowest BCUT2D eigenvalue weighted by Crippen LogP contribution is -2.46. The fourth-order valence-corrected chi connectivity index (χ4v) is 2.21. The number of hydrogen-bond donors (Lipinski definition) is 2. The van der Waals surface area contributed by atoms with Crippen LogP contribution in [-0.2, 0) is 16.0 Å². The number of carboxylic acid groups (broad SMARTS) is 1. The third kappa shape index (κ3) is 4.75. The van der Waals surface area contributed by atoms with E-state index in [4.69, 9.17) is 9.84 Å². The third-order valence-corrected chi connectivity index (χ3v) is 3.36. The number of ether oxygens (including phenoxy) is 1. The molecule has 21 heavy (non-hydrogen) atoms. The van der Waals surface area contributed by atoms with Gasteiger partial charge in [-0.1, -0.05) is 12.1 Å². The molecule has 0 aromatic heterocycles. The van der Waals surface area contributed by atoms with Crippen molar-refractivity contribution >= 4 is 17.7 Å². The van der Waals surface area contributed by atoms with Crippen LogP contribution in [0.1, 0.15) is 18.9 Å². The van der Waals surface area contributed by atoms with Gasteiger partial charge in [-0.15, -0.1) is 0 Å². The van der Waals surface area contributed by atoms with Crippen LogP contribution >= 0.6 is 0 Å². The smallest absolute Gasteiger partial charge is 0.322 e. The molecule has 0 saturated carbocycles. The van der Waals surface area contributed by atoms with E-state index in [-0.39, 0.29) is 18.6 Å². The second-order valence-corrected chi connectivity index (χ2v) is 5.15. The van der Waals surface area contributed by atoms with Gasteiger partial charge in [-0.3, -0.25) is 4.79 Å². The molecule has 1 heterocycles. The first-order valence-corrected chi connectivity index (χ1v) is 7.03. The topological polar surface area (TPSA) is 78.9 Å². The van der Waals surface area contributed by atoms with Crippen LogP contribution in [0.4, 0.5) is 10.5 Å². The average Bonchev–Trinajstić information content (AvgIpc) is 2.46. The van der Waals surface area contributed by atoms with Crippen LogP contribution in [0.25, 0.3) is 0 Å². The summed E-state index contributed by atoms with van der Waals surface area (Å²) >= 11 is 0. The van der Waals surface area contributed by atoms with Crippen molar-refractivity contribution in [3.63, 3.8) is 0 Å². The van der Waals surface area contributed by atoms with E-state index >= 15 is 0 Å². The van der Waals surface area contributed by atoms with Crippen molar-refractivity contribution in [2.75, 3.05) is 25.0 Å². The molecule has 1 aliphatic rings. The minimum absolute atomic E-state index is 0.0582. The van der Waals surface area contributed by atoms with Gasteiger partial charge in [0.1, 0.15) is 0 Å². The number of rotatable bonds is 4. The van der Waals surface area contributed by atoms with E-state index < -0.39 is 5.97 Å². The maximum Gasteiger partial charge on any atom is 0.322 e. The number of urea groups is 1. The fraction of sp³-hybridized carbons (Fsp3) is 0.467. The quantitative estimate of drug-likeness (QED) is 0.889. The molecule has 1 unspecified atom stereocenters. The molecular weight excluding hydrogens is 272 g/mol. The standard InChI is InChI=1S/C15H20N2O4/c1-11-10-17(8-9-21-11)15(20)16-13-5-2-12(3-6-13)4-7-14(18)19/h2-3,5-6,11H,4,7-10H2,1H3,(H,16,20)(H,18,19). The summed E-state index contributed by atoms with van der Waals surface area (Å²) in [7, 11) is 0. The zero-order valence-electron chi connectivity index (χ0n) is 12.0. The number of carboxylic acids is 1. The van der Waals surface area contributed by atoms with Crippen LogP contribution in [0, 0.1) is 0 Å².